The van der Waals surface area contributed by atoms with Crippen LogP contribution in [-0.2, 0) is 14.4 Å². The van der Waals surface area contributed by atoms with Crippen molar-refractivity contribution in [2.45, 2.75) is 12.2 Å². The minimum Gasteiger partial charge on any atom is -0.830 e. The number of nitrogens with one attached hydrogen (secondary N) is 5. The lowest BCUT2D eigenvalue weighted by molar-refractivity contribution is -0.483. The molecule has 1 saturated heterocycles. The van der Waals surface area contributed by atoms with Gasteiger partial charge in [0, 0.05) is 104 Å². The van der Waals surface area contributed by atoms with Gasteiger partial charge in [0.1, 0.15) is 11.4 Å². The Morgan fingerprint density at radius 2 is 1.12 bits per heavy atom. The third kappa shape index (κ3) is 10.9. The highest BCUT2D eigenvalue weighted by Gasteiger charge is 2.33. The molecule has 5 aromatic rings. The summed E-state index contributed by atoms with van der Waals surface area (Å²) in [6.45, 7) is 0.470. The molecule has 0 saturated carbocycles. The zero-order chi connectivity index (χ0) is 42.8. The lowest BCUT2D eigenvalue weighted by Gasteiger charge is -2.35. The Kier molecular flexibility index (Phi) is 14.6. The molecule has 3 amide bonds. The van der Waals surface area contributed by atoms with Crippen LogP contribution in [0.3, 0.4) is 0 Å². The number of amides is 3. The third-order valence-electron chi connectivity index (χ3n) is 10.5. The van der Waals surface area contributed by atoms with Crippen LogP contribution in [0.2, 0.25) is 0 Å². The lowest BCUT2D eigenvalue weighted by atomic mass is 9.81. The number of nitrogens with zero attached hydrogens (tertiary/aromatic N) is 4. The van der Waals surface area contributed by atoms with Crippen molar-refractivity contribution in [1.82, 2.24) is 45.8 Å². The van der Waals surface area contributed by atoms with Crippen LogP contribution in [0, 0.1) is 0 Å². The summed E-state index contributed by atoms with van der Waals surface area (Å²) < 4.78 is 0. The number of nitrogen functional groups attached to an aromatic ring is 1. The molecule has 2 unspecified atom stereocenters. The molecule has 19 nitrogen and oxygen atoms in total. The average molecular weight is 825 g/mol. The van der Waals surface area contributed by atoms with Crippen LogP contribution in [0.4, 0.5) is 0 Å². The predicted octanol–water partition coefficient (Wildman–Crippen LogP) is -2.07. The van der Waals surface area contributed by atoms with Gasteiger partial charge in [0.05, 0.1) is 19.1 Å². The maximum atomic E-state index is 14.3. The second kappa shape index (κ2) is 20.2. The van der Waals surface area contributed by atoms with Crippen molar-refractivity contribution in [3.63, 3.8) is 0 Å². The molecule has 60 heavy (non-hydrogen) atoms. The number of para-hydroxylation sites is 2. The molecular formula is C41H48N10O9-2. The van der Waals surface area contributed by atoms with Gasteiger partial charge in [-0.2, -0.15) is 0 Å². The van der Waals surface area contributed by atoms with Crippen molar-refractivity contribution >= 4 is 51.5 Å². The largest absolute Gasteiger partial charge is 0.830 e. The van der Waals surface area contributed by atoms with Gasteiger partial charge in [-0.15, -0.1) is 0 Å². The number of nitrogens with two attached hydrogens (primary N) is 1. The van der Waals surface area contributed by atoms with Gasteiger partial charge in [-0.3, -0.25) is 55.1 Å². The Morgan fingerprint density at radius 3 is 1.62 bits per heavy atom. The van der Waals surface area contributed by atoms with Crippen molar-refractivity contribution in [2.24, 2.45) is 5.84 Å². The van der Waals surface area contributed by atoms with E-state index in [9.17, 15) is 44.4 Å². The number of β-amino-alcohol motifs (C(OH)–C–C–N with tert-alkyl or cyclic N) is 1. The third-order valence-corrected chi connectivity index (χ3v) is 10.5. The van der Waals surface area contributed by atoms with Crippen molar-refractivity contribution in [2.75, 3.05) is 78.5 Å². The van der Waals surface area contributed by atoms with E-state index in [1.807, 2.05) is 78.9 Å². The fraction of sp³-hybridized carbons (Fsp3) is 0.341. The van der Waals surface area contributed by atoms with Crippen molar-refractivity contribution in [3.8, 4) is 0 Å². The maximum Gasteiger partial charge on any atom is 0.317 e. The van der Waals surface area contributed by atoms with Crippen LogP contribution in [0.1, 0.15) is 43.6 Å². The second-order valence-corrected chi connectivity index (χ2v) is 14.6. The first kappa shape index (κ1) is 43.4. The molecule has 0 radical (unpaired) electrons. The van der Waals surface area contributed by atoms with Crippen LogP contribution in [-0.4, -0.2) is 154 Å². The minimum absolute atomic E-state index is 0.130. The second-order valence-electron chi connectivity index (χ2n) is 14.6. The highest BCUT2D eigenvalue weighted by atomic mass is 16.5. The Bertz CT molecular complexity index is 2300. The number of carboxylic acids is 2. The maximum absolute atomic E-state index is 14.3. The summed E-state index contributed by atoms with van der Waals surface area (Å²) in [4.78, 5) is 77.3. The molecule has 2 atom stereocenters. The Labute approximate surface area is 344 Å². The number of aromatic nitrogens is 2. The van der Waals surface area contributed by atoms with Gasteiger partial charge < -0.3 is 35.2 Å². The summed E-state index contributed by atoms with van der Waals surface area (Å²) in [5.41, 5.74) is 10.9. The number of carboxylic acid groups (broad SMARTS) is 2. The minimum atomic E-state index is -1.91. The summed E-state index contributed by atoms with van der Waals surface area (Å²) in [6, 6.07) is 24.1. The first-order valence-corrected chi connectivity index (χ1v) is 19.4. The van der Waals surface area contributed by atoms with Crippen LogP contribution < -0.4 is 32.3 Å². The fourth-order valence-corrected chi connectivity index (χ4v) is 7.74. The predicted molar refractivity (Wildman–Crippen MR) is 216 cm³/mol. The summed E-state index contributed by atoms with van der Waals surface area (Å²) in [6.07, 6.45) is -1.91. The Balaban J connectivity index is 1.27. The molecule has 0 aliphatic carbocycles. The number of rotatable bonds is 13. The van der Waals surface area contributed by atoms with Gasteiger partial charge in [-0.05, 0) is 24.0 Å². The van der Waals surface area contributed by atoms with Gasteiger partial charge in [0.2, 0.25) is 0 Å². The molecule has 6 rings (SSSR count). The van der Waals surface area contributed by atoms with E-state index in [1.165, 1.54) is 0 Å². The summed E-state index contributed by atoms with van der Waals surface area (Å²) in [7, 11) is 0. The number of aromatic amines is 2. The van der Waals surface area contributed by atoms with Crippen molar-refractivity contribution in [1.29, 1.82) is 0 Å². The molecule has 1 fully saturated rings. The van der Waals surface area contributed by atoms with Gasteiger partial charge in [-0.25, -0.2) is 5.84 Å². The summed E-state index contributed by atoms with van der Waals surface area (Å²) in [5.74, 6) is 0.775. The molecule has 9 N–H and O–H groups in total. The van der Waals surface area contributed by atoms with Gasteiger partial charge >= 0.3 is 5.97 Å². The van der Waals surface area contributed by atoms with Gasteiger partial charge in [0.15, 0.2) is 0 Å². The van der Waals surface area contributed by atoms with E-state index in [1.54, 1.807) is 19.6 Å². The normalized spacial score (nSPS) is 16.4. The van der Waals surface area contributed by atoms with E-state index >= 15 is 0 Å². The highest BCUT2D eigenvalue weighted by molar-refractivity contribution is 6.05. The summed E-state index contributed by atoms with van der Waals surface area (Å²) in [5, 5.41) is 43.8. The number of hydrazine groups is 2. The Hall–Kier alpha value is -6.19. The molecule has 3 aromatic carbocycles. The van der Waals surface area contributed by atoms with E-state index in [-0.39, 0.29) is 83.4 Å². The molecular weight excluding hydrogens is 777 g/mol. The number of aliphatic hydroxyl groups excluding tert-OH is 1. The standard InChI is InChI=1S/C41H49N10O9/c42-45-40(59)38-36(27-10-4-6-12-29(27)43-38)35(26-8-2-1-3-9-26)37-28-11-5-7-13-30(28)44-39(37)41(60)47-46-31(52)22-48-14-16-49(23-32(53)54)18-20-51(25-34(57)58)21-19-50(17-15-48)24-33(55)56/h1-13,32,35,43-44,53H,14-25,42H2,(H,45,59)(H,46,52)(H,47,60)(H,55,56)(H,57,58)/q-1/p-1. The van der Waals surface area contributed by atoms with Crippen LogP contribution in [0.25, 0.3) is 21.8 Å². The zero-order valence-corrected chi connectivity index (χ0v) is 32.8. The molecule has 3 heterocycles. The number of aliphatic hydroxyl groups is 1. The molecule has 1 aliphatic rings. The first-order valence-electron chi connectivity index (χ1n) is 19.4. The number of aliphatic carboxylic acids is 2. The quantitative estimate of drug-likeness (QED) is 0.0274. The molecule has 318 valence electrons. The Morgan fingerprint density at radius 1 is 0.650 bits per heavy atom. The van der Waals surface area contributed by atoms with Gasteiger partial charge in [-0.1, -0.05) is 66.7 Å². The van der Waals surface area contributed by atoms with E-state index in [0.29, 0.717) is 27.5 Å². The smallest absolute Gasteiger partial charge is 0.317 e. The zero-order valence-electron chi connectivity index (χ0n) is 32.8. The number of carbonyl (C=O) groups excluding carboxylic acids is 4. The van der Waals surface area contributed by atoms with Gasteiger partial charge in [0.25, 0.3) is 17.7 Å². The topological polar surface area (TPSA) is 279 Å². The van der Waals surface area contributed by atoms with Crippen molar-refractivity contribution < 1.29 is 44.4 Å². The fourth-order valence-electron chi connectivity index (χ4n) is 7.74. The number of H-pyrrole nitrogens is 2. The first-order chi connectivity index (χ1) is 28.9. The summed E-state index contributed by atoms with van der Waals surface area (Å²) >= 11 is 0. The number of hydrogen-bond donors (Lipinski definition) is 8. The molecule has 19 heteroatoms. The van der Waals surface area contributed by atoms with E-state index in [2.05, 4.69) is 26.2 Å². The average Bonchev–Trinajstić information content (AvgIpc) is 3.80. The van der Waals surface area contributed by atoms with Crippen molar-refractivity contribution in [3.05, 3.63) is 107 Å². The molecule has 1 aliphatic heterocycles. The highest BCUT2D eigenvalue weighted by Crippen LogP contribution is 2.43. The molecule has 0 bridgehead atoms. The van der Waals surface area contributed by atoms with Crippen LogP contribution in [0.15, 0.2) is 78.9 Å². The SMILES string of the molecule is NNC(=O)c1[nH]c2ccccc2c1C(c1ccccc1)c1c(C(=O)NNC(=O)CN2CCN(CC(=O)O)CCN(CC(=O)[O-])CCN(CC([O-])O)CC2)[nH]c2ccccc12. The number of fused-ring (bicyclic) bond motifs is 2. The lowest BCUT2D eigenvalue weighted by Crippen LogP contribution is -2.52. The van der Waals surface area contributed by atoms with Crippen LogP contribution in [0.5, 0.6) is 0 Å². The monoisotopic (exact) mass is 824 g/mol. The van der Waals surface area contributed by atoms with E-state index < -0.39 is 48.4 Å². The number of carbonyl (C=O) groups is 5. The van der Waals surface area contributed by atoms with E-state index in [4.69, 9.17) is 5.84 Å². The van der Waals surface area contributed by atoms with Crippen LogP contribution >= 0.6 is 0 Å². The molecule has 2 aromatic heterocycles. The van der Waals surface area contributed by atoms with E-state index in [0.717, 1.165) is 10.9 Å². The number of benzene rings is 3. The molecule has 0 spiro atoms. The number of hydrogen-bond acceptors (Lipinski definition) is 13.